The Morgan fingerprint density at radius 2 is 1.93 bits per heavy atom. The summed E-state index contributed by atoms with van der Waals surface area (Å²) in [5, 5.41) is 6.52. The number of rotatable bonds is 4. The zero-order chi connectivity index (χ0) is 19.8. The van der Waals surface area contributed by atoms with Gasteiger partial charge in [-0.05, 0) is 57.2 Å². The summed E-state index contributed by atoms with van der Waals surface area (Å²) in [7, 11) is 0. The molecule has 28 heavy (non-hydrogen) atoms. The van der Waals surface area contributed by atoms with E-state index >= 15 is 0 Å². The van der Waals surface area contributed by atoms with Crippen molar-refractivity contribution < 1.29 is 18.0 Å². The molecule has 0 bridgehead atoms. The Morgan fingerprint density at radius 1 is 1.14 bits per heavy atom. The van der Waals surface area contributed by atoms with Gasteiger partial charge >= 0.3 is 6.18 Å². The van der Waals surface area contributed by atoms with E-state index in [1.807, 2.05) is 0 Å². The zero-order valence-electron chi connectivity index (χ0n) is 15.9. The van der Waals surface area contributed by atoms with E-state index < -0.39 is 17.3 Å². The Kier molecular flexibility index (Phi) is 5.24. The van der Waals surface area contributed by atoms with Gasteiger partial charge in [0.25, 0.3) is 0 Å². The summed E-state index contributed by atoms with van der Waals surface area (Å²) in [5.74, 6) is 0.549. The van der Waals surface area contributed by atoms with E-state index in [4.69, 9.17) is 0 Å². The van der Waals surface area contributed by atoms with Gasteiger partial charge in [-0.15, -0.1) is 0 Å². The standard InChI is InChI=1S/C20H27F3N4O/c21-20(22,23)14-7-8-17(24-12-14)25-16-11-19(9-3-4-10-27(19)13-16)18(28)26-15-5-1-2-6-15/h7-8,12,15-16H,1-6,9-11,13H2,(H,24,25)(H,26,28)/t16-,19-/m0/s1. The van der Waals surface area contributed by atoms with Crippen molar-refractivity contribution in [1.82, 2.24) is 15.2 Å². The minimum atomic E-state index is -4.39. The number of nitrogens with one attached hydrogen (secondary N) is 2. The summed E-state index contributed by atoms with van der Waals surface area (Å²) in [6.07, 6.45) is 4.52. The number of amides is 1. The van der Waals surface area contributed by atoms with E-state index in [9.17, 15) is 18.0 Å². The molecule has 2 aliphatic heterocycles. The molecule has 1 amide bonds. The van der Waals surface area contributed by atoms with Crippen molar-refractivity contribution in [2.45, 2.75) is 75.2 Å². The SMILES string of the molecule is O=C(NC1CCCC1)[C@@]12CCCCN1C[C@@H](Nc1ccc(C(F)(F)F)cn1)C2. The average molecular weight is 396 g/mol. The lowest BCUT2D eigenvalue weighted by Crippen LogP contribution is -2.58. The Hall–Kier alpha value is -1.83. The molecule has 2 saturated heterocycles. The van der Waals surface area contributed by atoms with Crippen molar-refractivity contribution in [3.05, 3.63) is 23.9 Å². The van der Waals surface area contributed by atoms with E-state index in [0.717, 1.165) is 50.9 Å². The van der Waals surface area contributed by atoms with Gasteiger partial charge in [0.2, 0.25) is 5.91 Å². The van der Waals surface area contributed by atoms with Gasteiger partial charge in [-0.3, -0.25) is 9.69 Å². The van der Waals surface area contributed by atoms with Gasteiger partial charge in [-0.1, -0.05) is 12.8 Å². The highest BCUT2D eigenvalue weighted by molar-refractivity contribution is 5.87. The Bertz CT molecular complexity index is 702. The van der Waals surface area contributed by atoms with Crippen molar-refractivity contribution in [2.75, 3.05) is 18.4 Å². The first-order valence-electron chi connectivity index (χ1n) is 10.2. The second-order valence-electron chi connectivity index (χ2n) is 8.36. The molecule has 154 valence electrons. The molecule has 1 aromatic heterocycles. The average Bonchev–Trinajstić information content (AvgIpc) is 3.29. The molecule has 1 aromatic rings. The number of hydrogen-bond donors (Lipinski definition) is 2. The van der Waals surface area contributed by atoms with Gasteiger partial charge in [-0.2, -0.15) is 13.2 Å². The van der Waals surface area contributed by atoms with E-state index in [1.54, 1.807) is 0 Å². The van der Waals surface area contributed by atoms with E-state index in [0.29, 0.717) is 18.8 Å². The maximum Gasteiger partial charge on any atom is 0.417 e. The summed E-state index contributed by atoms with van der Waals surface area (Å²) < 4.78 is 38.2. The minimum Gasteiger partial charge on any atom is -0.366 e. The fourth-order valence-electron chi connectivity index (χ4n) is 5.02. The lowest BCUT2D eigenvalue weighted by molar-refractivity contribution is -0.138. The first kappa shape index (κ1) is 19.5. The molecule has 1 aliphatic carbocycles. The molecule has 5 nitrogen and oxygen atoms in total. The van der Waals surface area contributed by atoms with Gasteiger partial charge < -0.3 is 10.6 Å². The Morgan fingerprint density at radius 3 is 2.61 bits per heavy atom. The molecule has 3 aliphatic rings. The first-order chi connectivity index (χ1) is 13.4. The maximum atomic E-state index is 13.2. The van der Waals surface area contributed by atoms with Crippen molar-refractivity contribution >= 4 is 11.7 Å². The molecule has 2 N–H and O–H groups in total. The molecule has 3 heterocycles. The van der Waals surface area contributed by atoms with Crippen LogP contribution in [0.2, 0.25) is 0 Å². The summed E-state index contributed by atoms with van der Waals surface area (Å²) >= 11 is 0. The number of nitrogens with zero attached hydrogens (tertiary/aromatic N) is 2. The second-order valence-corrected chi connectivity index (χ2v) is 8.36. The fourth-order valence-corrected chi connectivity index (χ4v) is 5.02. The van der Waals surface area contributed by atoms with Crippen molar-refractivity contribution in [3.63, 3.8) is 0 Å². The van der Waals surface area contributed by atoms with Crippen molar-refractivity contribution in [1.29, 1.82) is 0 Å². The maximum absolute atomic E-state index is 13.2. The molecule has 0 spiro atoms. The van der Waals surface area contributed by atoms with Gasteiger partial charge in [-0.25, -0.2) is 4.98 Å². The number of hydrogen-bond acceptors (Lipinski definition) is 4. The van der Waals surface area contributed by atoms with Crippen LogP contribution in [0.25, 0.3) is 0 Å². The van der Waals surface area contributed by atoms with Crippen LogP contribution in [0.15, 0.2) is 18.3 Å². The number of fused-ring (bicyclic) bond motifs is 1. The number of halogens is 3. The van der Waals surface area contributed by atoms with Crippen LogP contribution < -0.4 is 10.6 Å². The van der Waals surface area contributed by atoms with E-state index in [1.165, 1.54) is 18.9 Å². The highest BCUT2D eigenvalue weighted by atomic mass is 19.4. The molecule has 0 radical (unpaired) electrons. The third-order valence-corrected chi connectivity index (χ3v) is 6.45. The topological polar surface area (TPSA) is 57.3 Å². The number of carbonyl (C=O) groups excluding carboxylic acids is 1. The number of aromatic nitrogens is 1. The Labute approximate surface area is 163 Å². The lowest BCUT2D eigenvalue weighted by atomic mass is 9.84. The van der Waals surface area contributed by atoms with Gasteiger partial charge in [0, 0.05) is 24.8 Å². The van der Waals surface area contributed by atoms with Crippen LogP contribution in [-0.2, 0) is 11.0 Å². The van der Waals surface area contributed by atoms with Gasteiger partial charge in [0.15, 0.2) is 0 Å². The van der Waals surface area contributed by atoms with Crippen molar-refractivity contribution in [3.8, 4) is 0 Å². The van der Waals surface area contributed by atoms with Crippen LogP contribution in [0.4, 0.5) is 19.0 Å². The summed E-state index contributed by atoms with van der Waals surface area (Å²) in [5.41, 5.74) is -1.25. The summed E-state index contributed by atoms with van der Waals surface area (Å²) in [6, 6.07) is 2.69. The summed E-state index contributed by atoms with van der Waals surface area (Å²) in [6.45, 7) is 1.59. The predicted octanol–water partition coefficient (Wildman–Crippen LogP) is 3.57. The highest BCUT2D eigenvalue weighted by Gasteiger charge is 2.52. The van der Waals surface area contributed by atoms with Crippen LogP contribution in [-0.4, -0.2) is 46.5 Å². The lowest BCUT2D eigenvalue weighted by Gasteiger charge is -2.41. The summed E-state index contributed by atoms with van der Waals surface area (Å²) in [4.78, 5) is 19.4. The molecule has 2 atom stereocenters. The Balaban J connectivity index is 1.44. The van der Waals surface area contributed by atoms with Crippen molar-refractivity contribution in [2.24, 2.45) is 0 Å². The molecule has 0 unspecified atom stereocenters. The first-order valence-corrected chi connectivity index (χ1v) is 10.2. The van der Waals surface area contributed by atoms with Gasteiger partial charge in [0.1, 0.15) is 11.4 Å². The molecule has 1 saturated carbocycles. The van der Waals surface area contributed by atoms with Crippen LogP contribution in [0.3, 0.4) is 0 Å². The van der Waals surface area contributed by atoms with Crippen LogP contribution in [0.5, 0.6) is 0 Å². The molecule has 8 heteroatoms. The molecule has 0 aromatic carbocycles. The quantitative estimate of drug-likeness (QED) is 0.817. The molecular weight excluding hydrogens is 369 g/mol. The number of alkyl halides is 3. The number of pyridine rings is 1. The predicted molar refractivity (Wildman–Crippen MR) is 99.8 cm³/mol. The largest absolute Gasteiger partial charge is 0.417 e. The number of anilines is 1. The molecule has 4 rings (SSSR count). The van der Waals surface area contributed by atoms with Crippen LogP contribution in [0.1, 0.15) is 56.9 Å². The monoisotopic (exact) mass is 396 g/mol. The third kappa shape index (κ3) is 3.83. The minimum absolute atomic E-state index is 0.00309. The zero-order valence-corrected chi connectivity index (χ0v) is 15.9. The van der Waals surface area contributed by atoms with E-state index in [-0.39, 0.29) is 18.0 Å². The third-order valence-electron chi connectivity index (χ3n) is 6.45. The highest BCUT2D eigenvalue weighted by Crippen LogP contribution is 2.39. The number of piperidine rings is 1. The fraction of sp³-hybridized carbons (Fsp3) is 0.700. The second kappa shape index (κ2) is 7.54. The molecule has 3 fully saturated rings. The number of carbonyl (C=O) groups is 1. The molecular formula is C20H27F3N4O. The van der Waals surface area contributed by atoms with Crippen LogP contribution >= 0.6 is 0 Å². The van der Waals surface area contributed by atoms with E-state index in [2.05, 4.69) is 20.5 Å². The smallest absolute Gasteiger partial charge is 0.366 e. The van der Waals surface area contributed by atoms with Crippen LogP contribution in [0, 0.1) is 0 Å². The normalized spacial score (nSPS) is 28.9. The van der Waals surface area contributed by atoms with Gasteiger partial charge in [0.05, 0.1) is 5.56 Å².